The third-order valence-electron chi connectivity index (χ3n) is 4.25. The van der Waals surface area contributed by atoms with Gasteiger partial charge in [-0.3, -0.25) is 0 Å². The van der Waals surface area contributed by atoms with Crippen molar-refractivity contribution in [2.24, 2.45) is 0 Å². The number of fused-ring (bicyclic) bond motifs is 2. The third kappa shape index (κ3) is 3.56. The molecule has 0 aliphatic carbocycles. The van der Waals surface area contributed by atoms with E-state index in [9.17, 15) is 13.9 Å². The zero-order valence-corrected chi connectivity index (χ0v) is 12.2. The fourth-order valence-electron chi connectivity index (χ4n) is 3.32. The molecule has 2 saturated heterocycles. The highest BCUT2D eigenvalue weighted by Crippen LogP contribution is 2.37. The van der Waals surface area contributed by atoms with Crippen LogP contribution < -0.4 is 4.74 Å². The summed E-state index contributed by atoms with van der Waals surface area (Å²) in [5, 5.41) is 9.62. The van der Waals surface area contributed by atoms with Crippen LogP contribution in [-0.4, -0.2) is 36.6 Å². The quantitative estimate of drug-likeness (QED) is 0.877. The zero-order valence-electron chi connectivity index (χ0n) is 12.2. The highest BCUT2D eigenvalue weighted by Gasteiger charge is 2.36. The van der Waals surface area contributed by atoms with Gasteiger partial charge in [0.15, 0.2) is 0 Å². The van der Waals surface area contributed by atoms with Gasteiger partial charge in [0.05, 0.1) is 24.9 Å². The van der Waals surface area contributed by atoms with Gasteiger partial charge in [-0.2, -0.15) is 8.78 Å². The molecule has 2 unspecified atom stereocenters. The fraction of sp³-hybridized carbons (Fsp3) is 0.625. The predicted molar refractivity (Wildman–Crippen MR) is 74.9 cm³/mol. The van der Waals surface area contributed by atoms with Crippen LogP contribution in [0, 0.1) is 0 Å². The van der Waals surface area contributed by atoms with Crippen molar-refractivity contribution in [2.45, 2.75) is 56.7 Å². The van der Waals surface area contributed by atoms with Crippen LogP contribution in [0.15, 0.2) is 24.3 Å². The van der Waals surface area contributed by atoms with Gasteiger partial charge in [0.2, 0.25) is 0 Å². The molecule has 0 amide bonds. The van der Waals surface area contributed by atoms with Crippen LogP contribution in [-0.2, 0) is 9.47 Å². The molecule has 0 radical (unpaired) electrons. The van der Waals surface area contributed by atoms with Crippen LogP contribution in [0.5, 0.6) is 5.75 Å². The molecule has 122 valence electrons. The molecule has 1 N–H and O–H groups in total. The molecular weight excluding hydrogens is 294 g/mol. The molecule has 2 aliphatic rings. The maximum Gasteiger partial charge on any atom is 0.387 e. The fourth-order valence-corrected chi connectivity index (χ4v) is 3.32. The first-order valence-corrected chi connectivity index (χ1v) is 7.61. The molecule has 2 heterocycles. The lowest BCUT2D eigenvalue weighted by molar-refractivity contribution is -0.116. The number of aliphatic hydroxyl groups is 1. The monoisotopic (exact) mass is 314 g/mol. The largest absolute Gasteiger partial charge is 0.434 e. The Morgan fingerprint density at radius 1 is 1.18 bits per heavy atom. The highest BCUT2D eigenvalue weighted by atomic mass is 19.3. The molecule has 2 aliphatic heterocycles. The van der Waals surface area contributed by atoms with Crippen LogP contribution in [0.4, 0.5) is 8.78 Å². The van der Waals surface area contributed by atoms with Crippen LogP contribution in [0.25, 0.3) is 0 Å². The summed E-state index contributed by atoms with van der Waals surface area (Å²) < 4.78 is 41.2. The Hall–Kier alpha value is -1.24. The zero-order chi connectivity index (χ0) is 15.5. The van der Waals surface area contributed by atoms with E-state index in [1.807, 2.05) is 0 Å². The summed E-state index contributed by atoms with van der Waals surface area (Å²) in [4.78, 5) is 0. The Bertz CT molecular complexity index is 485. The molecule has 4 nitrogen and oxygen atoms in total. The summed E-state index contributed by atoms with van der Waals surface area (Å²) in [6.45, 7) is -3.18. The van der Waals surface area contributed by atoms with Crippen LogP contribution >= 0.6 is 0 Å². The smallest absolute Gasteiger partial charge is 0.387 e. The SMILES string of the molecule is OCC(OC1C[C@H]2CC[C@@H](C1)O2)c1ccccc1OC(F)F. The van der Waals surface area contributed by atoms with E-state index in [4.69, 9.17) is 9.47 Å². The van der Waals surface area contributed by atoms with Gasteiger partial charge < -0.3 is 19.3 Å². The van der Waals surface area contributed by atoms with E-state index in [1.165, 1.54) is 6.07 Å². The summed E-state index contributed by atoms with van der Waals surface area (Å²) in [5.41, 5.74) is 0.448. The number of aliphatic hydroxyl groups excluding tert-OH is 1. The van der Waals surface area contributed by atoms with Gasteiger partial charge in [0.25, 0.3) is 0 Å². The summed E-state index contributed by atoms with van der Waals surface area (Å²) in [7, 11) is 0. The van der Waals surface area contributed by atoms with E-state index in [0.29, 0.717) is 5.56 Å². The molecular formula is C16H20F2O4. The lowest BCUT2D eigenvalue weighted by atomic mass is 10.0. The standard InChI is InChI=1S/C16H20F2O4/c17-16(18)22-14-4-2-1-3-13(14)15(9-19)21-12-7-10-5-6-11(8-12)20-10/h1-4,10-12,15-16,19H,5-9H2/t10-,11+,12?,15?. The third-order valence-corrected chi connectivity index (χ3v) is 4.25. The topological polar surface area (TPSA) is 47.9 Å². The Kier molecular flexibility index (Phi) is 4.90. The molecule has 2 bridgehead atoms. The van der Waals surface area contributed by atoms with Crippen molar-refractivity contribution in [2.75, 3.05) is 6.61 Å². The van der Waals surface area contributed by atoms with Gasteiger partial charge >= 0.3 is 6.61 Å². The molecule has 2 fully saturated rings. The first kappa shape index (κ1) is 15.6. The van der Waals surface area contributed by atoms with Gasteiger partial charge in [0, 0.05) is 5.56 Å². The van der Waals surface area contributed by atoms with E-state index in [2.05, 4.69) is 4.74 Å². The number of hydrogen-bond donors (Lipinski definition) is 1. The highest BCUT2D eigenvalue weighted by molar-refractivity contribution is 5.35. The molecule has 6 heteroatoms. The van der Waals surface area contributed by atoms with Crippen molar-refractivity contribution in [3.05, 3.63) is 29.8 Å². The number of rotatable bonds is 6. The molecule has 3 rings (SSSR count). The molecule has 1 aromatic carbocycles. The number of halogens is 2. The average molecular weight is 314 g/mol. The minimum atomic E-state index is -2.90. The number of ether oxygens (including phenoxy) is 3. The van der Waals surface area contributed by atoms with Crippen molar-refractivity contribution in [1.29, 1.82) is 0 Å². The predicted octanol–water partition coefficient (Wildman–Crippen LogP) is 3.05. The van der Waals surface area contributed by atoms with E-state index >= 15 is 0 Å². The molecule has 0 saturated carbocycles. The Balaban J connectivity index is 1.71. The van der Waals surface area contributed by atoms with Gasteiger partial charge in [-0.25, -0.2) is 0 Å². The molecule has 22 heavy (non-hydrogen) atoms. The number of para-hydroxylation sites is 1. The Morgan fingerprint density at radius 2 is 1.86 bits per heavy atom. The van der Waals surface area contributed by atoms with Crippen LogP contribution in [0.3, 0.4) is 0 Å². The minimum absolute atomic E-state index is 0.0250. The number of hydrogen-bond acceptors (Lipinski definition) is 4. The molecule has 0 spiro atoms. The van der Waals surface area contributed by atoms with Crippen LogP contribution in [0.1, 0.15) is 37.4 Å². The van der Waals surface area contributed by atoms with Crippen molar-refractivity contribution >= 4 is 0 Å². The van der Waals surface area contributed by atoms with Crippen molar-refractivity contribution < 1.29 is 28.1 Å². The second kappa shape index (κ2) is 6.89. The van der Waals surface area contributed by atoms with Crippen LogP contribution in [0.2, 0.25) is 0 Å². The first-order chi connectivity index (χ1) is 10.7. The summed E-state index contributed by atoms with van der Waals surface area (Å²) in [6, 6.07) is 6.44. The molecule has 1 aromatic rings. The van der Waals surface area contributed by atoms with Gasteiger partial charge in [-0.1, -0.05) is 18.2 Å². The second-order valence-corrected chi connectivity index (χ2v) is 5.77. The maximum absolute atomic E-state index is 12.5. The van der Waals surface area contributed by atoms with Gasteiger partial charge in [-0.05, 0) is 31.7 Å². The summed E-state index contributed by atoms with van der Waals surface area (Å²) >= 11 is 0. The van der Waals surface area contributed by atoms with E-state index in [1.54, 1.807) is 18.2 Å². The Labute approximate surface area is 128 Å². The second-order valence-electron chi connectivity index (χ2n) is 5.77. The first-order valence-electron chi connectivity index (χ1n) is 7.61. The van der Waals surface area contributed by atoms with E-state index < -0.39 is 12.7 Å². The maximum atomic E-state index is 12.5. The van der Waals surface area contributed by atoms with E-state index in [0.717, 1.165) is 25.7 Å². The van der Waals surface area contributed by atoms with Crippen molar-refractivity contribution in [3.63, 3.8) is 0 Å². The summed E-state index contributed by atoms with van der Waals surface area (Å²) in [6.07, 6.45) is 3.39. The van der Waals surface area contributed by atoms with E-state index in [-0.39, 0.29) is 30.7 Å². The van der Waals surface area contributed by atoms with Gasteiger partial charge in [-0.15, -0.1) is 0 Å². The normalized spacial score (nSPS) is 28.8. The lowest BCUT2D eigenvalue weighted by Gasteiger charge is -2.31. The Morgan fingerprint density at radius 3 is 2.50 bits per heavy atom. The number of alkyl halides is 2. The van der Waals surface area contributed by atoms with Crippen molar-refractivity contribution in [3.8, 4) is 5.75 Å². The minimum Gasteiger partial charge on any atom is -0.434 e. The van der Waals surface area contributed by atoms with Gasteiger partial charge in [0.1, 0.15) is 11.9 Å². The molecule has 4 atom stereocenters. The summed E-state index contributed by atoms with van der Waals surface area (Å²) in [5.74, 6) is 0.0478. The van der Waals surface area contributed by atoms with Crippen molar-refractivity contribution in [1.82, 2.24) is 0 Å². The molecule has 0 aromatic heterocycles. The number of benzene rings is 1. The lowest BCUT2D eigenvalue weighted by Crippen LogP contribution is -2.32. The average Bonchev–Trinajstić information content (AvgIpc) is 2.84.